The van der Waals surface area contributed by atoms with Gasteiger partial charge in [0.25, 0.3) is 0 Å². The maximum absolute atomic E-state index is 11.1. The van der Waals surface area contributed by atoms with Crippen LogP contribution in [0.1, 0.15) is 5.56 Å². The lowest BCUT2D eigenvalue weighted by Crippen LogP contribution is -1.96. The second-order valence-corrected chi connectivity index (χ2v) is 5.03. The average molecular weight is 226 g/mol. The Labute approximate surface area is 87.8 Å². The molecule has 0 aliphatic heterocycles. The van der Waals surface area contributed by atoms with Crippen molar-refractivity contribution in [3.05, 3.63) is 35.9 Å². The summed E-state index contributed by atoms with van der Waals surface area (Å²) < 4.78 is 22.2. The highest BCUT2D eigenvalue weighted by atomic mass is 32.2. The summed E-state index contributed by atoms with van der Waals surface area (Å²) in [6.07, 6.45) is 3.51. The summed E-state index contributed by atoms with van der Waals surface area (Å²) in [5.41, 5.74) is 0.643. The third-order valence-corrected chi connectivity index (χ3v) is 2.86. The number of benzene rings is 1. The number of aliphatic carboxylic acids is 1. The van der Waals surface area contributed by atoms with Crippen molar-refractivity contribution in [2.75, 3.05) is 6.26 Å². The molecule has 0 amide bonds. The van der Waals surface area contributed by atoms with E-state index in [1.807, 2.05) is 0 Å². The van der Waals surface area contributed by atoms with E-state index in [-0.39, 0.29) is 4.90 Å². The Hall–Kier alpha value is -1.62. The summed E-state index contributed by atoms with van der Waals surface area (Å²) in [5.74, 6) is -1.04. The van der Waals surface area contributed by atoms with Gasteiger partial charge in [0.1, 0.15) is 0 Å². The molecule has 4 nitrogen and oxygen atoms in total. The Balaban J connectivity index is 2.96. The number of hydrogen-bond acceptors (Lipinski definition) is 3. The first kappa shape index (κ1) is 11.5. The normalized spacial score (nSPS) is 11.8. The summed E-state index contributed by atoms with van der Waals surface area (Å²) in [6, 6.07) is 5.99. The predicted molar refractivity (Wildman–Crippen MR) is 56.2 cm³/mol. The molecular formula is C10H10O4S. The topological polar surface area (TPSA) is 71.4 Å². The zero-order valence-electron chi connectivity index (χ0n) is 8.04. The minimum absolute atomic E-state index is 0.218. The van der Waals surface area contributed by atoms with E-state index in [2.05, 4.69) is 0 Å². The van der Waals surface area contributed by atoms with Crippen molar-refractivity contribution in [2.45, 2.75) is 4.90 Å². The molecule has 0 aliphatic rings. The van der Waals surface area contributed by atoms with Gasteiger partial charge < -0.3 is 5.11 Å². The van der Waals surface area contributed by atoms with Gasteiger partial charge in [0.05, 0.1) is 4.90 Å². The van der Waals surface area contributed by atoms with Crippen LogP contribution in [0.5, 0.6) is 0 Å². The zero-order chi connectivity index (χ0) is 11.5. The Kier molecular flexibility index (Phi) is 3.26. The number of carboxylic acids is 1. The molecule has 0 atom stereocenters. The van der Waals surface area contributed by atoms with E-state index < -0.39 is 15.8 Å². The van der Waals surface area contributed by atoms with Crippen molar-refractivity contribution >= 4 is 21.9 Å². The number of rotatable bonds is 3. The lowest BCUT2D eigenvalue weighted by molar-refractivity contribution is -0.131. The van der Waals surface area contributed by atoms with Crippen molar-refractivity contribution in [1.82, 2.24) is 0 Å². The third-order valence-electron chi connectivity index (χ3n) is 1.73. The molecule has 0 saturated heterocycles. The number of carbonyl (C=O) groups is 1. The molecular weight excluding hydrogens is 216 g/mol. The maximum Gasteiger partial charge on any atom is 0.328 e. The van der Waals surface area contributed by atoms with Gasteiger partial charge in [-0.2, -0.15) is 0 Å². The molecule has 0 bridgehead atoms. The monoisotopic (exact) mass is 226 g/mol. The van der Waals surface area contributed by atoms with E-state index in [9.17, 15) is 13.2 Å². The van der Waals surface area contributed by atoms with Crippen molar-refractivity contribution in [3.8, 4) is 0 Å². The Morgan fingerprint density at radius 2 is 1.80 bits per heavy atom. The average Bonchev–Trinajstić information content (AvgIpc) is 2.14. The molecule has 80 valence electrons. The molecule has 0 spiro atoms. The Morgan fingerprint density at radius 3 is 2.20 bits per heavy atom. The second kappa shape index (κ2) is 4.27. The van der Waals surface area contributed by atoms with Crippen molar-refractivity contribution in [2.24, 2.45) is 0 Å². The van der Waals surface area contributed by atoms with Crippen LogP contribution in [0.15, 0.2) is 35.2 Å². The zero-order valence-corrected chi connectivity index (χ0v) is 8.86. The van der Waals surface area contributed by atoms with Gasteiger partial charge in [-0.25, -0.2) is 13.2 Å². The minimum atomic E-state index is -3.19. The summed E-state index contributed by atoms with van der Waals surface area (Å²) in [5, 5.41) is 8.38. The van der Waals surface area contributed by atoms with Gasteiger partial charge in [-0.1, -0.05) is 12.1 Å². The van der Waals surface area contributed by atoms with Gasteiger partial charge in [-0.05, 0) is 23.8 Å². The largest absolute Gasteiger partial charge is 0.478 e. The first-order valence-electron chi connectivity index (χ1n) is 4.11. The summed E-state index contributed by atoms with van der Waals surface area (Å²) in [4.78, 5) is 10.4. The fraction of sp³-hybridized carbons (Fsp3) is 0.100. The van der Waals surface area contributed by atoms with E-state index in [1.165, 1.54) is 18.2 Å². The van der Waals surface area contributed by atoms with Crippen LogP contribution in [0.3, 0.4) is 0 Å². The van der Waals surface area contributed by atoms with E-state index in [1.54, 1.807) is 12.1 Å². The number of sulfone groups is 1. The first-order chi connectivity index (χ1) is 6.89. The van der Waals surface area contributed by atoms with Crippen molar-refractivity contribution in [1.29, 1.82) is 0 Å². The maximum atomic E-state index is 11.1. The van der Waals surface area contributed by atoms with Crippen LogP contribution in [-0.4, -0.2) is 25.7 Å². The SMILES string of the molecule is CS(=O)(=O)c1ccc(/C=C/C(=O)O)cc1. The molecule has 1 N–H and O–H groups in total. The highest BCUT2D eigenvalue weighted by Crippen LogP contribution is 2.11. The molecule has 1 rings (SSSR count). The smallest absolute Gasteiger partial charge is 0.328 e. The molecule has 0 aromatic heterocycles. The van der Waals surface area contributed by atoms with E-state index in [4.69, 9.17) is 5.11 Å². The summed E-state index contributed by atoms with van der Waals surface area (Å²) >= 11 is 0. The predicted octanol–water partition coefficient (Wildman–Crippen LogP) is 1.19. The van der Waals surface area contributed by atoms with Crippen LogP contribution in [0.4, 0.5) is 0 Å². The van der Waals surface area contributed by atoms with Crippen molar-refractivity contribution < 1.29 is 18.3 Å². The molecule has 0 radical (unpaired) electrons. The first-order valence-corrected chi connectivity index (χ1v) is 6.00. The lowest BCUT2D eigenvalue weighted by Gasteiger charge is -1.97. The second-order valence-electron chi connectivity index (χ2n) is 3.01. The van der Waals surface area contributed by atoms with Gasteiger partial charge in [0, 0.05) is 12.3 Å². The van der Waals surface area contributed by atoms with E-state index in [0.29, 0.717) is 5.56 Å². The standard InChI is InChI=1S/C10H10O4S/c1-15(13,14)9-5-2-8(3-6-9)4-7-10(11)12/h2-7H,1H3,(H,11,12)/b7-4+. The summed E-state index contributed by atoms with van der Waals surface area (Å²) in [6.45, 7) is 0. The lowest BCUT2D eigenvalue weighted by atomic mass is 10.2. The summed E-state index contributed by atoms with van der Waals surface area (Å²) in [7, 11) is -3.19. The minimum Gasteiger partial charge on any atom is -0.478 e. The molecule has 5 heteroatoms. The fourth-order valence-electron chi connectivity index (χ4n) is 0.994. The molecule has 0 saturated carbocycles. The Bertz CT molecular complexity index is 483. The molecule has 0 unspecified atom stereocenters. The Morgan fingerprint density at radius 1 is 1.27 bits per heavy atom. The molecule has 15 heavy (non-hydrogen) atoms. The van der Waals surface area contributed by atoms with Gasteiger partial charge in [0.2, 0.25) is 0 Å². The molecule has 1 aromatic rings. The van der Waals surface area contributed by atoms with Gasteiger partial charge >= 0.3 is 5.97 Å². The van der Waals surface area contributed by atoms with E-state index >= 15 is 0 Å². The quantitative estimate of drug-likeness (QED) is 0.786. The van der Waals surface area contributed by atoms with Crippen LogP contribution in [0, 0.1) is 0 Å². The third kappa shape index (κ3) is 3.55. The molecule has 1 aromatic carbocycles. The van der Waals surface area contributed by atoms with Crippen LogP contribution >= 0.6 is 0 Å². The van der Waals surface area contributed by atoms with Gasteiger partial charge in [-0.15, -0.1) is 0 Å². The fourth-order valence-corrected chi connectivity index (χ4v) is 1.62. The van der Waals surface area contributed by atoms with Crippen LogP contribution in [-0.2, 0) is 14.6 Å². The molecule has 0 fully saturated rings. The highest BCUT2D eigenvalue weighted by molar-refractivity contribution is 7.90. The van der Waals surface area contributed by atoms with Crippen LogP contribution in [0.25, 0.3) is 6.08 Å². The van der Waals surface area contributed by atoms with E-state index in [0.717, 1.165) is 12.3 Å². The number of hydrogen-bond donors (Lipinski definition) is 1. The molecule has 0 heterocycles. The van der Waals surface area contributed by atoms with Crippen LogP contribution < -0.4 is 0 Å². The van der Waals surface area contributed by atoms with Gasteiger partial charge in [-0.3, -0.25) is 0 Å². The van der Waals surface area contributed by atoms with Crippen LogP contribution in [0.2, 0.25) is 0 Å². The van der Waals surface area contributed by atoms with Crippen molar-refractivity contribution in [3.63, 3.8) is 0 Å². The highest BCUT2D eigenvalue weighted by Gasteiger charge is 2.04. The number of carboxylic acid groups (broad SMARTS) is 1. The van der Waals surface area contributed by atoms with Gasteiger partial charge in [0.15, 0.2) is 9.84 Å². The molecule has 0 aliphatic carbocycles.